The Hall–Kier alpha value is -8.59. The van der Waals surface area contributed by atoms with Gasteiger partial charge in [-0.15, -0.1) is 0 Å². The molecular weight excluding hydrogens is 1180 g/mol. The summed E-state index contributed by atoms with van der Waals surface area (Å²) in [6.07, 6.45) is 2.73. The second kappa shape index (κ2) is 36.7. The van der Waals surface area contributed by atoms with Crippen LogP contribution in [0.2, 0.25) is 0 Å². The van der Waals surface area contributed by atoms with E-state index in [1.807, 2.05) is 29.8 Å². The van der Waals surface area contributed by atoms with Crippen molar-refractivity contribution in [3.63, 3.8) is 0 Å². The van der Waals surface area contributed by atoms with Gasteiger partial charge in [0, 0.05) is 25.1 Å². The number of carbonyl (C=O) groups is 15. The maximum absolute atomic E-state index is 14.8. The molecule has 11 amide bonds. The van der Waals surface area contributed by atoms with Crippen LogP contribution in [0.25, 0.3) is 0 Å². The van der Waals surface area contributed by atoms with Gasteiger partial charge in [-0.05, 0) is 83.6 Å². The lowest BCUT2D eigenvalue weighted by Gasteiger charge is -2.34. The Morgan fingerprint density at radius 1 is 0.663 bits per heavy atom. The van der Waals surface area contributed by atoms with Crippen molar-refractivity contribution in [3.8, 4) is 0 Å². The number of aliphatic hydroxyl groups is 2. The monoisotopic (exact) mass is 1260 g/mol. The standard InChI is InChI=1S/C56H88N12O21/c1-25(2)16-12-10-11-13-18-35(70)62-40(28(7)54(84)85)50(80)66-42-30(9)59-47(77)34-20-31(24-69)23-68(34)53(83)39(27(5)6)65-49(79)41(29(8)55(86)87)63-36(71)22-58-45(75)33(21-37(72)73)61-52(82)43(44(74)56(88)89)67-46(76)32(17-14-15-19-57)60-48(78)38(26(3)4)64-51(42)81/h10-11,13,18,25-34,38-44,69,74H,12,14-17,19-24,57H2,1-9H3,(H,58,75)(H,59,77)(H,60,78)(H,61,82)(H,62,70)(H,63,71)(H,64,81)(H,65,79)(H,66,80)(H,67,76)(H,72,73)(H,84,85)(H,86,87)(H,88,89)/b11-10-,18-13+/t28?,29?,30?,31-,32+,33+,34+,38-,39+,40+,41-,42+,43+,44?/m1/s1. The third kappa shape index (κ3) is 24.1. The third-order valence-electron chi connectivity index (χ3n) is 14.7. The van der Waals surface area contributed by atoms with E-state index in [0.717, 1.165) is 31.2 Å². The first-order valence-electron chi connectivity index (χ1n) is 29.1. The average Bonchev–Trinajstić information content (AvgIpc) is 1.84. The zero-order chi connectivity index (χ0) is 67.7. The molecular formula is C56H88N12O21. The number of carbonyl (C=O) groups excluding carboxylic acids is 11. The van der Waals surface area contributed by atoms with Gasteiger partial charge < -0.3 is 94.4 Å². The highest BCUT2D eigenvalue weighted by molar-refractivity contribution is 6.02. The number of rotatable bonds is 23. The Morgan fingerprint density at radius 3 is 1.80 bits per heavy atom. The van der Waals surface area contributed by atoms with E-state index in [1.54, 1.807) is 12.2 Å². The molecule has 2 aliphatic heterocycles. The van der Waals surface area contributed by atoms with Gasteiger partial charge in [-0.2, -0.15) is 0 Å². The van der Waals surface area contributed by atoms with Crippen LogP contribution in [0.5, 0.6) is 0 Å². The molecule has 33 heteroatoms. The van der Waals surface area contributed by atoms with Gasteiger partial charge in [0.15, 0.2) is 6.10 Å². The van der Waals surface area contributed by atoms with Crippen molar-refractivity contribution in [2.75, 3.05) is 26.2 Å². The van der Waals surface area contributed by atoms with Crippen LogP contribution in [0.1, 0.15) is 107 Å². The molecule has 0 radical (unpaired) electrons. The van der Waals surface area contributed by atoms with Crippen molar-refractivity contribution in [2.24, 2.45) is 41.2 Å². The number of hydrogen-bond acceptors (Lipinski definition) is 18. The molecule has 0 aliphatic carbocycles. The van der Waals surface area contributed by atoms with Crippen LogP contribution in [-0.2, 0) is 71.9 Å². The van der Waals surface area contributed by atoms with Crippen LogP contribution >= 0.6 is 0 Å². The number of nitrogens with two attached hydrogens (primary N) is 1. The van der Waals surface area contributed by atoms with Gasteiger partial charge in [0.1, 0.15) is 54.4 Å². The average molecular weight is 1270 g/mol. The maximum atomic E-state index is 14.8. The highest BCUT2D eigenvalue weighted by Gasteiger charge is 2.46. The number of nitrogens with one attached hydrogen (secondary N) is 10. The second-order valence-corrected chi connectivity index (χ2v) is 23.1. The van der Waals surface area contributed by atoms with Crippen molar-refractivity contribution < 1.29 is 103 Å². The van der Waals surface area contributed by atoms with Gasteiger partial charge in [-0.3, -0.25) is 67.1 Å². The van der Waals surface area contributed by atoms with Crippen molar-refractivity contribution in [2.45, 2.75) is 174 Å². The summed E-state index contributed by atoms with van der Waals surface area (Å²) in [6.45, 7) is 11.0. The molecule has 4 unspecified atom stereocenters. The number of carboxylic acid groups (broad SMARTS) is 4. The Morgan fingerprint density at radius 2 is 1.25 bits per heavy atom. The summed E-state index contributed by atoms with van der Waals surface area (Å²) in [4.78, 5) is 205. The number of allylic oxidation sites excluding steroid dienone is 3. The summed E-state index contributed by atoms with van der Waals surface area (Å²) in [6, 6.07) is -19.1. The molecule has 0 aromatic carbocycles. The van der Waals surface area contributed by atoms with E-state index in [9.17, 15) is 103 Å². The number of aliphatic hydroxyl groups excluding tert-OH is 2. The van der Waals surface area contributed by atoms with Gasteiger partial charge >= 0.3 is 23.9 Å². The lowest BCUT2D eigenvalue weighted by molar-refractivity contribution is -0.153. The summed E-state index contributed by atoms with van der Waals surface area (Å²) in [5.74, 6) is -26.7. The van der Waals surface area contributed by atoms with E-state index in [-0.39, 0.29) is 38.8 Å². The molecule has 33 nitrogen and oxygen atoms in total. The molecule has 2 fully saturated rings. The largest absolute Gasteiger partial charge is 0.481 e. The molecule has 0 aromatic heterocycles. The van der Waals surface area contributed by atoms with Crippen LogP contribution in [0.4, 0.5) is 0 Å². The zero-order valence-electron chi connectivity index (χ0n) is 51.2. The van der Waals surface area contributed by atoms with Crippen LogP contribution in [0.3, 0.4) is 0 Å². The summed E-state index contributed by atoms with van der Waals surface area (Å²) in [7, 11) is 0. The quantitative estimate of drug-likeness (QED) is 0.0259. The summed E-state index contributed by atoms with van der Waals surface area (Å²) in [5, 5.41) is 83.2. The fraction of sp³-hybridized carbons (Fsp3) is 0.661. The first-order chi connectivity index (χ1) is 41.6. The molecule has 2 aliphatic rings. The predicted octanol–water partition coefficient (Wildman–Crippen LogP) is -4.94. The van der Waals surface area contributed by atoms with Crippen LogP contribution in [-0.4, -0.2) is 217 Å². The maximum Gasteiger partial charge on any atom is 0.335 e. The number of hydrogen-bond donors (Lipinski definition) is 17. The molecule has 0 spiro atoms. The number of fused-ring (bicyclic) bond motifs is 1. The smallest absolute Gasteiger partial charge is 0.335 e. The topological polar surface area (TPSA) is 527 Å². The van der Waals surface area contributed by atoms with Crippen molar-refractivity contribution in [3.05, 3.63) is 24.3 Å². The number of nitrogens with zero attached hydrogens (tertiary/aromatic N) is 1. The Bertz CT molecular complexity index is 2650. The minimum absolute atomic E-state index is 0.0432. The molecule has 89 heavy (non-hydrogen) atoms. The van der Waals surface area contributed by atoms with E-state index in [0.29, 0.717) is 12.3 Å². The predicted molar refractivity (Wildman–Crippen MR) is 311 cm³/mol. The highest BCUT2D eigenvalue weighted by atomic mass is 16.4. The fourth-order valence-electron chi connectivity index (χ4n) is 9.26. The van der Waals surface area contributed by atoms with Gasteiger partial charge in [-0.25, -0.2) is 4.79 Å². The molecule has 18 N–H and O–H groups in total. The molecule has 0 saturated carbocycles. The lowest BCUT2D eigenvalue weighted by Crippen LogP contribution is -2.65. The summed E-state index contributed by atoms with van der Waals surface area (Å²) < 4.78 is 0. The zero-order valence-corrected chi connectivity index (χ0v) is 51.2. The van der Waals surface area contributed by atoms with Crippen molar-refractivity contribution >= 4 is 88.9 Å². The minimum atomic E-state index is -2.85. The number of amides is 11. The Kier molecular flexibility index (Phi) is 31.5. The van der Waals surface area contributed by atoms with Crippen molar-refractivity contribution in [1.29, 1.82) is 0 Å². The number of unbranched alkanes of at least 4 members (excludes halogenated alkanes) is 1. The fourth-order valence-corrected chi connectivity index (χ4v) is 9.26. The first-order valence-corrected chi connectivity index (χ1v) is 29.1. The molecule has 14 atom stereocenters. The van der Waals surface area contributed by atoms with E-state index in [2.05, 4.69) is 37.2 Å². The number of aliphatic carboxylic acids is 4. The van der Waals surface area contributed by atoms with Crippen LogP contribution < -0.4 is 58.9 Å². The Balaban J connectivity index is 2.99. The third-order valence-corrected chi connectivity index (χ3v) is 14.7. The summed E-state index contributed by atoms with van der Waals surface area (Å²) in [5.41, 5.74) is 5.69. The van der Waals surface area contributed by atoms with E-state index in [4.69, 9.17) is 5.73 Å². The molecule has 2 heterocycles. The molecule has 2 saturated heterocycles. The normalized spacial score (nSPS) is 25.8. The van der Waals surface area contributed by atoms with Crippen LogP contribution in [0, 0.1) is 35.5 Å². The first kappa shape index (κ1) is 76.5. The van der Waals surface area contributed by atoms with Crippen molar-refractivity contribution in [1.82, 2.24) is 58.1 Å². The molecule has 0 aromatic rings. The lowest BCUT2D eigenvalue weighted by atomic mass is 9.97. The number of carboxylic acids is 4. The van der Waals surface area contributed by atoms with E-state index >= 15 is 0 Å². The van der Waals surface area contributed by atoms with Gasteiger partial charge in [-0.1, -0.05) is 59.8 Å². The van der Waals surface area contributed by atoms with Crippen LogP contribution in [0.15, 0.2) is 24.3 Å². The highest BCUT2D eigenvalue weighted by Crippen LogP contribution is 2.26. The summed E-state index contributed by atoms with van der Waals surface area (Å²) >= 11 is 0. The van der Waals surface area contributed by atoms with E-state index in [1.165, 1.54) is 40.7 Å². The van der Waals surface area contributed by atoms with Gasteiger partial charge in [0.25, 0.3) is 0 Å². The molecule has 2 rings (SSSR count). The molecule has 0 bridgehead atoms. The van der Waals surface area contributed by atoms with Gasteiger partial charge in [0.2, 0.25) is 65.0 Å². The SMILES string of the molecule is CC(C)CC/C=C\C=C\C(=O)N[C@H](C(=O)N[C@@H]1C(=O)N[C@H](C(C)C)C(=O)N[C@@H](CCCCN)C(=O)N[C@@H](C(O)C(=O)O)C(=O)N[C@@H](CC(=O)O)C(=O)NCC(=O)N[C@H](C(C)C(=O)O)C(=O)N[C@@H](C(C)C)C(=O)N2C[C@H](CO)C[C@H]2C(=O)NC1C)C(C)C(=O)O. The Labute approximate surface area is 513 Å². The van der Waals surface area contributed by atoms with E-state index < -0.39 is 205 Å². The minimum Gasteiger partial charge on any atom is -0.481 e. The molecule has 498 valence electrons. The second-order valence-electron chi connectivity index (χ2n) is 23.1. The van der Waals surface area contributed by atoms with Gasteiger partial charge in [0.05, 0.1) is 30.8 Å².